The molecule has 0 fully saturated rings. The highest BCUT2D eigenvalue weighted by Gasteiger charge is 2.33. The first-order valence-corrected chi connectivity index (χ1v) is 6.64. The molecule has 0 saturated heterocycles. The van der Waals surface area contributed by atoms with Crippen LogP contribution in [0.2, 0.25) is 5.02 Å². The fourth-order valence-electron chi connectivity index (χ4n) is 1.91. The van der Waals surface area contributed by atoms with Gasteiger partial charge in [0.2, 0.25) is 0 Å². The maximum atomic E-state index is 12.7. The van der Waals surface area contributed by atoms with Crippen molar-refractivity contribution in [2.24, 2.45) is 0 Å². The molecule has 0 aliphatic rings. The zero-order valence-electron chi connectivity index (χ0n) is 11.6. The van der Waals surface area contributed by atoms with Crippen molar-refractivity contribution in [2.75, 3.05) is 6.61 Å². The zero-order chi connectivity index (χ0) is 16.5. The lowest BCUT2D eigenvalue weighted by Crippen LogP contribution is -2.07. The van der Waals surface area contributed by atoms with Crippen molar-refractivity contribution in [2.45, 2.75) is 20.0 Å². The Labute approximate surface area is 128 Å². The van der Waals surface area contributed by atoms with Crippen LogP contribution in [0.4, 0.5) is 13.2 Å². The van der Waals surface area contributed by atoms with Crippen LogP contribution in [-0.4, -0.2) is 17.7 Å². The number of carbonyl (C=O) groups is 1. The van der Waals surface area contributed by atoms with Crippen LogP contribution in [0.5, 0.6) is 0 Å². The van der Waals surface area contributed by atoms with Crippen molar-refractivity contribution in [3.8, 4) is 11.3 Å². The van der Waals surface area contributed by atoms with Crippen molar-refractivity contribution in [1.82, 2.24) is 5.16 Å². The second kappa shape index (κ2) is 6.00. The second-order valence-electron chi connectivity index (χ2n) is 4.38. The van der Waals surface area contributed by atoms with Gasteiger partial charge in [-0.1, -0.05) is 22.8 Å². The molecule has 1 aromatic heterocycles. The van der Waals surface area contributed by atoms with E-state index < -0.39 is 22.7 Å². The van der Waals surface area contributed by atoms with Gasteiger partial charge in [-0.25, -0.2) is 4.79 Å². The summed E-state index contributed by atoms with van der Waals surface area (Å²) in [6, 6.07) is 3.09. The number of ether oxygens (including phenoxy) is 1. The lowest BCUT2D eigenvalue weighted by Gasteiger charge is -2.10. The Morgan fingerprint density at radius 1 is 1.41 bits per heavy atom. The molecule has 2 aromatic rings. The molecular weight excluding hydrogens is 323 g/mol. The Kier molecular flexibility index (Phi) is 4.46. The van der Waals surface area contributed by atoms with E-state index in [1.165, 1.54) is 13.0 Å². The molecule has 0 atom stereocenters. The lowest BCUT2D eigenvalue weighted by molar-refractivity contribution is -0.137. The van der Waals surface area contributed by atoms with Gasteiger partial charge in [0.25, 0.3) is 0 Å². The molecule has 0 aliphatic heterocycles. The summed E-state index contributed by atoms with van der Waals surface area (Å²) in [5, 5.41) is 3.22. The normalized spacial score (nSPS) is 11.5. The number of aryl methyl sites for hydroxylation is 1. The molecule has 4 nitrogen and oxygen atoms in total. The summed E-state index contributed by atoms with van der Waals surface area (Å²) in [6.45, 7) is 3.29. The summed E-state index contributed by atoms with van der Waals surface area (Å²) >= 11 is 5.67. The van der Waals surface area contributed by atoms with E-state index in [1.807, 2.05) is 0 Å². The summed E-state index contributed by atoms with van der Waals surface area (Å²) in [5.41, 5.74) is -0.571. The van der Waals surface area contributed by atoms with Crippen LogP contribution in [0, 0.1) is 6.92 Å². The summed E-state index contributed by atoms with van der Waals surface area (Å²) in [7, 11) is 0. The molecule has 8 heteroatoms. The van der Waals surface area contributed by atoms with Crippen LogP contribution in [0.3, 0.4) is 0 Å². The van der Waals surface area contributed by atoms with Gasteiger partial charge in [0.15, 0.2) is 0 Å². The smallest absolute Gasteiger partial charge is 0.417 e. The first-order valence-electron chi connectivity index (χ1n) is 6.26. The quantitative estimate of drug-likeness (QED) is 0.776. The predicted molar refractivity (Wildman–Crippen MR) is 72.6 cm³/mol. The molecule has 2 rings (SSSR count). The third-order valence-corrected chi connectivity index (χ3v) is 3.20. The standard InChI is InChI=1S/C14H11ClF3NO3/c1-3-21-13(20)11-7(2)22-19-12(11)8-4-5-9(10(15)6-8)14(16,17)18/h4-6H,3H2,1-2H3. The molecule has 1 heterocycles. The van der Waals surface area contributed by atoms with Gasteiger partial charge in [0.1, 0.15) is 17.0 Å². The largest absolute Gasteiger partial charge is 0.462 e. The van der Waals surface area contributed by atoms with Crippen LogP contribution in [0.1, 0.15) is 28.6 Å². The van der Waals surface area contributed by atoms with Gasteiger partial charge >= 0.3 is 12.1 Å². The Balaban J connectivity index is 2.50. The van der Waals surface area contributed by atoms with E-state index in [0.29, 0.717) is 0 Å². The second-order valence-corrected chi connectivity index (χ2v) is 4.78. The number of rotatable bonds is 3. The summed E-state index contributed by atoms with van der Waals surface area (Å²) in [6.07, 6.45) is -4.56. The van der Waals surface area contributed by atoms with E-state index in [9.17, 15) is 18.0 Å². The molecule has 0 amide bonds. The molecule has 118 valence electrons. The number of alkyl halides is 3. The molecule has 0 unspecified atom stereocenters. The number of benzene rings is 1. The Morgan fingerprint density at radius 3 is 2.64 bits per heavy atom. The predicted octanol–water partition coefficient (Wildman–Crippen LogP) is 4.50. The molecule has 0 bridgehead atoms. The highest BCUT2D eigenvalue weighted by atomic mass is 35.5. The molecule has 0 saturated carbocycles. The van der Waals surface area contributed by atoms with Gasteiger partial charge in [-0.3, -0.25) is 0 Å². The highest BCUT2D eigenvalue weighted by molar-refractivity contribution is 6.31. The third kappa shape index (κ3) is 3.09. The minimum atomic E-state index is -4.56. The lowest BCUT2D eigenvalue weighted by atomic mass is 10.0. The zero-order valence-corrected chi connectivity index (χ0v) is 12.4. The summed E-state index contributed by atoms with van der Waals surface area (Å²) < 4.78 is 47.9. The van der Waals surface area contributed by atoms with Gasteiger partial charge in [0.05, 0.1) is 17.2 Å². The fourth-order valence-corrected chi connectivity index (χ4v) is 2.19. The molecule has 0 N–H and O–H groups in total. The number of hydrogen-bond acceptors (Lipinski definition) is 4. The van der Waals surface area contributed by atoms with Crippen molar-refractivity contribution in [3.63, 3.8) is 0 Å². The molecule has 0 aliphatic carbocycles. The summed E-state index contributed by atoms with van der Waals surface area (Å²) in [4.78, 5) is 11.9. The Hall–Kier alpha value is -2.02. The van der Waals surface area contributed by atoms with Crippen LogP contribution in [0.25, 0.3) is 11.3 Å². The van der Waals surface area contributed by atoms with Gasteiger partial charge in [-0.05, 0) is 26.0 Å². The minimum absolute atomic E-state index is 0.0673. The Bertz CT molecular complexity index is 710. The first-order chi connectivity index (χ1) is 10.3. The molecule has 0 radical (unpaired) electrons. The Morgan fingerprint density at radius 2 is 2.09 bits per heavy atom. The first kappa shape index (κ1) is 16.4. The van der Waals surface area contributed by atoms with Crippen molar-refractivity contribution in [1.29, 1.82) is 0 Å². The monoisotopic (exact) mass is 333 g/mol. The topological polar surface area (TPSA) is 52.3 Å². The van der Waals surface area contributed by atoms with Gasteiger partial charge in [-0.2, -0.15) is 13.2 Å². The van der Waals surface area contributed by atoms with E-state index in [1.54, 1.807) is 6.92 Å². The van der Waals surface area contributed by atoms with Crippen LogP contribution >= 0.6 is 11.6 Å². The van der Waals surface area contributed by atoms with Gasteiger partial charge in [-0.15, -0.1) is 0 Å². The van der Waals surface area contributed by atoms with Gasteiger partial charge in [0, 0.05) is 5.56 Å². The minimum Gasteiger partial charge on any atom is -0.462 e. The van der Waals surface area contributed by atoms with Crippen molar-refractivity contribution < 1.29 is 27.2 Å². The van der Waals surface area contributed by atoms with E-state index in [2.05, 4.69) is 5.16 Å². The van der Waals surface area contributed by atoms with Crippen LogP contribution < -0.4 is 0 Å². The van der Waals surface area contributed by atoms with E-state index in [-0.39, 0.29) is 29.2 Å². The number of carbonyl (C=O) groups excluding carboxylic acids is 1. The number of aromatic nitrogens is 1. The molecular formula is C14H11ClF3NO3. The van der Waals surface area contributed by atoms with E-state index in [4.69, 9.17) is 20.9 Å². The highest BCUT2D eigenvalue weighted by Crippen LogP contribution is 2.37. The maximum Gasteiger partial charge on any atom is 0.417 e. The summed E-state index contributed by atoms with van der Waals surface area (Å²) in [5.74, 6) is -0.447. The number of hydrogen-bond donors (Lipinski definition) is 0. The van der Waals surface area contributed by atoms with E-state index >= 15 is 0 Å². The van der Waals surface area contributed by atoms with Crippen molar-refractivity contribution >= 4 is 17.6 Å². The number of nitrogens with zero attached hydrogens (tertiary/aromatic N) is 1. The molecule has 1 aromatic carbocycles. The maximum absolute atomic E-state index is 12.7. The average Bonchev–Trinajstić information content (AvgIpc) is 2.79. The third-order valence-electron chi connectivity index (χ3n) is 2.89. The molecule has 22 heavy (non-hydrogen) atoms. The van der Waals surface area contributed by atoms with Crippen LogP contribution in [-0.2, 0) is 10.9 Å². The fraction of sp³-hybridized carbons (Fsp3) is 0.286. The van der Waals surface area contributed by atoms with Gasteiger partial charge < -0.3 is 9.26 Å². The van der Waals surface area contributed by atoms with Crippen LogP contribution in [0.15, 0.2) is 22.7 Å². The average molecular weight is 334 g/mol. The number of esters is 1. The van der Waals surface area contributed by atoms with Crippen molar-refractivity contribution in [3.05, 3.63) is 40.1 Å². The van der Waals surface area contributed by atoms with E-state index in [0.717, 1.165) is 12.1 Å². The number of halogens is 4. The molecule has 0 spiro atoms. The SMILES string of the molecule is CCOC(=O)c1c(-c2ccc(C(F)(F)F)c(Cl)c2)noc1C.